The van der Waals surface area contributed by atoms with Crippen molar-refractivity contribution >= 4 is 38.8 Å². The van der Waals surface area contributed by atoms with Crippen molar-refractivity contribution < 1.29 is 8.42 Å². The van der Waals surface area contributed by atoms with Crippen LogP contribution in [0.25, 0.3) is 0 Å². The highest BCUT2D eigenvalue weighted by atomic mass is 35.5. The van der Waals surface area contributed by atoms with Crippen LogP contribution in [-0.4, -0.2) is 30.8 Å². The minimum Gasteiger partial charge on any atom is -0.389 e. The molecule has 2 rings (SSSR count). The Labute approximate surface area is 117 Å². The Morgan fingerprint density at radius 2 is 2.11 bits per heavy atom. The summed E-state index contributed by atoms with van der Waals surface area (Å²) in [6, 6.07) is 4.53. The van der Waals surface area contributed by atoms with Gasteiger partial charge in [-0.05, 0) is 31.0 Å². The molecule has 1 aromatic rings. The third kappa shape index (κ3) is 2.51. The van der Waals surface area contributed by atoms with Crippen molar-refractivity contribution in [1.82, 2.24) is 4.31 Å². The van der Waals surface area contributed by atoms with Crippen LogP contribution in [0.3, 0.4) is 0 Å². The Morgan fingerprint density at radius 3 is 2.56 bits per heavy atom. The summed E-state index contributed by atoms with van der Waals surface area (Å²) < 4.78 is 25.9. The summed E-state index contributed by atoms with van der Waals surface area (Å²) in [7, 11) is -1.89. The number of nitrogens with two attached hydrogens (primary N) is 1. The molecule has 0 radical (unpaired) electrons. The van der Waals surface area contributed by atoms with Gasteiger partial charge in [-0.25, -0.2) is 8.42 Å². The van der Waals surface area contributed by atoms with Gasteiger partial charge in [-0.1, -0.05) is 23.8 Å². The summed E-state index contributed by atoms with van der Waals surface area (Å²) in [5.41, 5.74) is 5.96. The summed E-state index contributed by atoms with van der Waals surface area (Å²) >= 11 is 10.8. The van der Waals surface area contributed by atoms with E-state index in [0.717, 1.165) is 12.8 Å². The molecule has 18 heavy (non-hydrogen) atoms. The van der Waals surface area contributed by atoms with Gasteiger partial charge in [0.25, 0.3) is 0 Å². The average molecular weight is 305 g/mol. The van der Waals surface area contributed by atoms with Gasteiger partial charge in [0.15, 0.2) is 0 Å². The molecule has 0 saturated heterocycles. The monoisotopic (exact) mass is 304 g/mol. The number of benzene rings is 1. The second kappa shape index (κ2) is 4.77. The van der Waals surface area contributed by atoms with Crippen LogP contribution in [0, 0.1) is 0 Å². The predicted octanol–water partition coefficient (Wildman–Crippen LogP) is 1.76. The van der Waals surface area contributed by atoms with E-state index in [1.165, 1.54) is 22.5 Å². The van der Waals surface area contributed by atoms with Crippen LogP contribution in [0.15, 0.2) is 23.1 Å². The number of rotatable bonds is 4. The highest BCUT2D eigenvalue weighted by Gasteiger charge is 2.35. The van der Waals surface area contributed by atoms with Gasteiger partial charge in [-0.2, -0.15) is 4.31 Å². The Kier molecular flexibility index (Phi) is 3.64. The number of sulfonamides is 1. The standard InChI is InChI=1S/C11H13ClN2O2S2/c1-14(7-2-3-7)18(15,16)8-4-5-9(11(13)17)10(12)6-8/h4-7H,2-3H2,1H3,(H2,13,17). The molecule has 0 aliphatic heterocycles. The summed E-state index contributed by atoms with van der Waals surface area (Å²) in [4.78, 5) is 0.321. The highest BCUT2D eigenvalue weighted by Crippen LogP contribution is 2.31. The second-order valence-corrected chi connectivity index (χ2v) is 7.10. The van der Waals surface area contributed by atoms with Crippen molar-refractivity contribution in [1.29, 1.82) is 0 Å². The third-order valence-electron chi connectivity index (χ3n) is 2.94. The molecule has 4 nitrogen and oxygen atoms in total. The van der Waals surface area contributed by atoms with Crippen molar-refractivity contribution in [2.24, 2.45) is 5.73 Å². The first-order chi connectivity index (χ1) is 8.34. The van der Waals surface area contributed by atoms with Crippen LogP contribution in [0.5, 0.6) is 0 Å². The molecule has 0 unspecified atom stereocenters. The molecule has 0 amide bonds. The Bertz CT molecular complexity index is 597. The van der Waals surface area contributed by atoms with Gasteiger partial charge in [0.1, 0.15) is 4.99 Å². The molecule has 0 atom stereocenters. The molecular weight excluding hydrogens is 292 g/mol. The molecule has 1 saturated carbocycles. The number of hydrogen-bond donors (Lipinski definition) is 1. The fourth-order valence-corrected chi connectivity index (χ4v) is 3.68. The molecule has 1 aromatic carbocycles. The highest BCUT2D eigenvalue weighted by molar-refractivity contribution is 7.89. The van der Waals surface area contributed by atoms with E-state index in [1.54, 1.807) is 7.05 Å². The molecule has 1 aliphatic rings. The van der Waals surface area contributed by atoms with Crippen molar-refractivity contribution in [3.63, 3.8) is 0 Å². The smallest absolute Gasteiger partial charge is 0.243 e. The minimum atomic E-state index is -3.48. The molecule has 0 bridgehead atoms. The van der Waals surface area contributed by atoms with Gasteiger partial charge in [-0.15, -0.1) is 0 Å². The van der Waals surface area contributed by atoms with Gasteiger partial charge in [0.05, 0.1) is 9.92 Å². The van der Waals surface area contributed by atoms with E-state index >= 15 is 0 Å². The molecule has 0 spiro atoms. The maximum atomic E-state index is 12.3. The van der Waals surface area contributed by atoms with Crippen molar-refractivity contribution in [2.45, 2.75) is 23.8 Å². The Balaban J connectivity index is 2.39. The molecule has 98 valence electrons. The summed E-state index contributed by atoms with van der Waals surface area (Å²) in [5.74, 6) is 0. The molecule has 7 heteroatoms. The van der Waals surface area contributed by atoms with E-state index in [4.69, 9.17) is 29.6 Å². The van der Waals surface area contributed by atoms with Gasteiger partial charge < -0.3 is 5.73 Å². The third-order valence-corrected chi connectivity index (χ3v) is 5.38. The maximum Gasteiger partial charge on any atom is 0.243 e. The molecule has 0 aromatic heterocycles. The molecular formula is C11H13ClN2O2S2. The number of nitrogens with zero attached hydrogens (tertiary/aromatic N) is 1. The lowest BCUT2D eigenvalue weighted by Crippen LogP contribution is -2.29. The van der Waals surface area contributed by atoms with Gasteiger partial charge >= 0.3 is 0 Å². The molecule has 0 heterocycles. The zero-order chi connectivity index (χ0) is 13.5. The first kappa shape index (κ1) is 13.7. The van der Waals surface area contributed by atoms with E-state index in [-0.39, 0.29) is 20.9 Å². The average Bonchev–Trinajstić information content (AvgIpc) is 3.11. The number of halogens is 1. The van der Waals surface area contributed by atoms with Gasteiger partial charge in [0.2, 0.25) is 10.0 Å². The van der Waals surface area contributed by atoms with E-state index < -0.39 is 10.0 Å². The Morgan fingerprint density at radius 1 is 1.50 bits per heavy atom. The van der Waals surface area contributed by atoms with Crippen molar-refractivity contribution in [3.05, 3.63) is 28.8 Å². The minimum absolute atomic E-state index is 0.115. The van der Waals surface area contributed by atoms with Crippen LogP contribution in [0.4, 0.5) is 0 Å². The maximum absolute atomic E-state index is 12.3. The zero-order valence-corrected chi connectivity index (χ0v) is 12.1. The van der Waals surface area contributed by atoms with Gasteiger partial charge in [0, 0.05) is 18.7 Å². The van der Waals surface area contributed by atoms with Gasteiger partial charge in [-0.3, -0.25) is 0 Å². The quantitative estimate of drug-likeness (QED) is 0.861. The zero-order valence-electron chi connectivity index (χ0n) is 9.76. The van der Waals surface area contributed by atoms with E-state index in [2.05, 4.69) is 0 Å². The van der Waals surface area contributed by atoms with Crippen LogP contribution < -0.4 is 5.73 Å². The second-order valence-electron chi connectivity index (χ2n) is 4.26. The lowest BCUT2D eigenvalue weighted by molar-refractivity contribution is 0.464. The molecule has 1 aliphatic carbocycles. The first-order valence-electron chi connectivity index (χ1n) is 5.41. The van der Waals surface area contributed by atoms with Crippen LogP contribution in [0.1, 0.15) is 18.4 Å². The topological polar surface area (TPSA) is 63.4 Å². The van der Waals surface area contributed by atoms with Crippen molar-refractivity contribution in [3.8, 4) is 0 Å². The van der Waals surface area contributed by atoms with Crippen LogP contribution in [0.2, 0.25) is 5.02 Å². The predicted molar refractivity (Wildman–Crippen MR) is 75.3 cm³/mol. The first-order valence-corrected chi connectivity index (χ1v) is 7.64. The summed E-state index contributed by atoms with van der Waals surface area (Å²) in [5, 5.41) is 0.257. The fourth-order valence-electron chi connectivity index (χ4n) is 1.66. The Hall–Kier alpha value is -0.690. The van der Waals surface area contributed by atoms with Crippen LogP contribution >= 0.6 is 23.8 Å². The van der Waals surface area contributed by atoms with Crippen molar-refractivity contribution in [2.75, 3.05) is 7.05 Å². The molecule has 2 N–H and O–H groups in total. The molecule has 1 fully saturated rings. The normalized spacial score (nSPS) is 15.9. The lowest BCUT2D eigenvalue weighted by atomic mass is 10.2. The number of hydrogen-bond acceptors (Lipinski definition) is 3. The largest absolute Gasteiger partial charge is 0.389 e. The number of thiocarbonyl (C=S) groups is 1. The van der Waals surface area contributed by atoms with E-state index in [1.807, 2.05) is 0 Å². The summed E-state index contributed by atoms with van der Waals surface area (Å²) in [6.07, 6.45) is 1.82. The van der Waals surface area contributed by atoms with Crippen LogP contribution in [-0.2, 0) is 10.0 Å². The SMILES string of the molecule is CN(C1CC1)S(=O)(=O)c1ccc(C(N)=S)c(Cl)c1. The lowest BCUT2D eigenvalue weighted by Gasteiger charge is -2.16. The fraction of sp³-hybridized carbons (Fsp3) is 0.364. The van der Waals surface area contributed by atoms with E-state index in [0.29, 0.717) is 5.56 Å². The van der Waals surface area contributed by atoms with E-state index in [9.17, 15) is 8.42 Å². The summed E-state index contributed by atoms with van der Waals surface area (Å²) in [6.45, 7) is 0.